The Morgan fingerprint density at radius 2 is 1.18 bits per heavy atom. The van der Waals surface area contributed by atoms with Crippen molar-refractivity contribution in [3.8, 4) is 0 Å². The number of hydrogen-bond donors (Lipinski definition) is 0. The van der Waals surface area contributed by atoms with Gasteiger partial charge in [-0.05, 0) is 0 Å². The van der Waals surface area contributed by atoms with E-state index in [1.165, 1.54) is 35.5 Å². The molecular formula is C8H16O7Si2. The van der Waals surface area contributed by atoms with Crippen molar-refractivity contribution in [2.75, 3.05) is 35.5 Å². The molecule has 0 saturated heterocycles. The first-order chi connectivity index (χ1) is 8.07. The Bertz CT molecular complexity index is 196. The summed E-state index contributed by atoms with van der Waals surface area (Å²) in [5.74, 6) is -3.45. The van der Waals surface area contributed by atoms with Crippen molar-refractivity contribution in [1.29, 1.82) is 0 Å². The summed E-state index contributed by atoms with van der Waals surface area (Å²) in [7, 11) is 12.5. The molecule has 6 radical (unpaired) electrons. The van der Waals surface area contributed by atoms with Gasteiger partial charge in [0, 0.05) is 35.5 Å². The summed E-state index contributed by atoms with van der Waals surface area (Å²) in [5.41, 5.74) is 0. The van der Waals surface area contributed by atoms with E-state index < -0.39 is 18.1 Å². The largest absolute Gasteiger partial charge is 0.367 e. The van der Waals surface area contributed by atoms with Crippen molar-refractivity contribution in [2.45, 2.75) is 18.1 Å². The first-order valence-electron chi connectivity index (χ1n) is 4.48. The molecule has 17 heavy (non-hydrogen) atoms. The number of rotatable bonds is 9. The summed E-state index contributed by atoms with van der Waals surface area (Å²) in [5, 5.41) is 0. The van der Waals surface area contributed by atoms with Crippen molar-refractivity contribution in [2.24, 2.45) is 0 Å². The summed E-state index contributed by atoms with van der Waals surface area (Å²) in [6.07, 6.45) is -0.981. The molecule has 0 aromatic heterocycles. The van der Waals surface area contributed by atoms with Crippen LogP contribution in [-0.2, 0) is 32.5 Å². The van der Waals surface area contributed by atoms with Crippen molar-refractivity contribution in [1.82, 2.24) is 0 Å². The third kappa shape index (κ3) is 2.77. The number of methoxy groups -OCH3 is 5. The fraction of sp³-hybridized carbons (Fsp3) is 1.00. The molecule has 0 amide bonds. The van der Waals surface area contributed by atoms with Gasteiger partial charge in [-0.25, -0.2) is 0 Å². The molecule has 0 aliphatic carbocycles. The third-order valence-corrected chi connectivity index (χ3v) is 2.85. The van der Waals surface area contributed by atoms with Gasteiger partial charge in [-0.1, -0.05) is 0 Å². The van der Waals surface area contributed by atoms with Gasteiger partial charge < -0.3 is 32.5 Å². The zero-order valence-electron chi connectivity index (χ0n) is 10.4. The lowest BCUT2D eigenvalue weighted by Gasteiger charge is -2.46. The summed E-state index contributed by atoms with van der Waals surface area (Å²) in [6.45, 7) is 0. The fourth-order valence-corrected chi connectivity index (χ4v) is 2.08. The Balaban J connectivity index is 5.56. The molecule has 0 saturated carbocycles. The third-order valence-electron chi connectivity index (χ3n) is 2.31. The number of hydrogen-bond acceptors (Lipinski definition) is 7. The standard InChI is InChI=1S/C8H16O7Si2/c1-9-6(10-2)7(11-3,12-4)8(13-5,14-16)15-17/h6H,1-5H3. The highest BCUT2D eigenvalue weighted by Crippen LogP contribution is 2.36. The lowest BCUT2D eigenvalue weighted by atomic mass is 10.2. The fourth-order valence-electron chi connectivity index (χ4n) is 1.47. The topological polar surface area (TPSA) is 64.6 Å². The molecule has 0 rings (SSSR count). The van der Waals surface area contributed by atoms with E-state index in [0.29, 0.717) is 0 Å². The second-order valence-corrected chi connectivity index (χ2v) is 3.25. The van der Waals surface area contributed by atoms with E-state index in [-0.39, 0.29) is 0 Å². The summed E-state index contributed by atoms with van der Waals surface area (Å²) < 4.78 is 35.8. The monoisotopic (exact) mass is 280 g/mol. The second-order valence-electron chi connectivity index (χ2n) is 2.84. The van der Waals surface area contributed by atoms with Crippen LogP contribution < -0.4 is 0 Å². The molecule has 0 bridgehead atoms. The van der Waals surface area contributed by atoms with Crippen LogP contribution in [-0.4, -0.2) is 74.6 Å². The Hall–Kier alpha value is 0.154. The van der Waals surface area contributed by atoms with E-state index in [9.17, 15) is 0 Å². The Morgan fingerprint density at radius 3 is 1.35 bits per heavy atom. The van der Waals surface area contributed by atoms with E-state index >= 15 is 0 Å². The van der Waals surface area contributed by atoms with Crippen LogP contribution in [0.3, 0.4) is 0 Å². The highest BCUT2D eigenvalue weighted by Gasteiger charge is 2.62. The molecule has 0 spiro atoms. The van der Waals surface area contributed by atoms with Gasteiger partial charge >= 0.3 is 11.8 Å². The van der Waals surface area contributed by atoms with E-state index in [0.717, 1.165) is 0 Å². The lowest BCUT2D eigenvalue weighted by molar-refractivity contribution is -0.480. The van der Waals surface area contributed by atoms with Gasteiger partial charge in [0.15, 0.2) is 0 Å². The van der Waals surface area contributed by atoms with E-state index in [1.54, 1.807) is 0 Å². The smallest absolute Gasteiger partial charge is 0.326 e. The van der Waals surface area contributed by atoms with Gasteiger partial charge in [-0.15, -0.1) is 0 Å². The zero-order valence-corrected chi connectivity index (χ0v) is 12.4. The summed E-state index contributed by atoms with van der Waals surface area (Å²) in [6, 6.07) is 0. The van der Waals surface area contributed by atoms with E-state index in [2.05, 4.69) is 21.0 Å². The molecule has 98 valence electrons. The van der Waals surface area contributed by atoms with E-state index in [1.807, 2.05) is 0 Å². The van der Waals surface area contributed by atoms with Crippen LogP contribution in [0.15, 0.2) is 0 Å². The molecule has 0 atom stereocenters. The van der Waals surface area contributed by atoms with Crippen molar-refractivity contribution in [3.63, 3.8) is 0 Å². The van der Waals surface area contributed by atoms with Crippen LogP contribution in [0.5, 0.6) is 0 Å². The molecule has 0 aliphatic rings. The second kappa shape index (κ2) is 7.56. The minimum atomic E-state index is -1.80. The first kappa shape index (κ1) is 17.2. The van der Waals surface area contributed by atoms with Crippen molar-refractivity contribution in [3.05, 3.63) is 0 Å². The predicted molar refractivity (Wildman–Crippen MR) is 58.0 cm³/mol. The number of ether oxygens (including phenoxy) is 5. The SMILES string of the molecule is COC(OC)C(OC)(OC)C(OC)(O[Si])O[Si]. The van der Waals surface area contributed by atoms with Gasteiger partial charge in [0.1, 0.15) is 0 Å². The maximum atomic E-state index is 5.26. The van der Waals surface area contributed by atoms with Crippen LogP contribution >= 0.6 is 0 Å². The quantitative estimate of drug-likeness (QED) is 0.400. The molecule has 0 aliphatic heterocycles. The molecule has 0 N–H and O–H groups in total. The van der Waals surface area contributed by atoms with Crippen molar-refractivity contribution < 1.29 is 32.5 Å². The van der Waals surface area contributed by atoms with E-state index in [4.69, 9.17) is 32.5 Å². The van der Waals surface area contributed by atoms with Gasteiger partial charge in [-0.2, -0.15) is 0 Å². The predicted octanol–water partition coefficient (Wildman–Crippen LogP) is -0.905. The zero-order chi connectivity index (χ0) is 13.5. The van der Waals surface area contributed by atoms with Crippen LogP contribution in [0.2, 0.25) is 0 Å². The van der Waals surface area contributed by atoms with Crippen LogP contribution in [0.25, 0.3) is 0 Å². The van der Waals surface area contributed by atoms with Crippen molar-refractivity contribution >= 4 is 21.0 Å². The molecule has 0 unspecified atom stereocenters. The molecule has 7 nitrogen and oxygen atoms in total. The van der Waals surface area contributed by atoms with Gasteiger partial charge in [-0.3, -0.25) is 0 Å². The molecule has 0 aromatic rings. The maximum absolute atomic E-state index is 5.26. The minimum absolute atomic E-state index is 0.981. The lowest BCUT2D eigenvalue weighted by Crippen LogP contribution is -2.67. The maximum Gasteiger partial charge on any atom is 0.326 e. The molecule has 9 heteroatoms. The molecule has 0 aromatic carbocycles. The molecular weight excluding hydrogens is 264 g/mol. The van der Waals surface area contributed by atoms with Gasteiger partial charge in [0.05, 0.1) is 0 Å². The highest BCUT2D eigenvalue weighted by atomic mass is 28.2. The summed E-state index contributed by atoms with van der Waals surface area (Å²) in [4.78, 5) is 0. The van der Waals surface area contributed by atoms with Crippen LogP contribution in [0, 0.1) is 0 Å². The van der Waals surface area contributed by atoms with Gasteiger partial charge in [0.2, 0.25) is 6.29 Å². The van der Waals surface area contributed by atoms with Crippen LogP contribution in [0.4, 0.5) is 0 Å². The van der Waals surface area contributed by atoms with Crippen LogP contribution in [0.1, 0.15) is 0 Å². The Labute approximate surface area is 108 Å². The first-order valence-corrected chi connectivity index (χ1v) is 5.30. The highest BCUT2D eigenvalue weighted by molar-refractivity contribution is 6.00. The average Bonchev–Trinajstić information content (AvgIpc) is 2.40. The Kier molecular flexibility index (Phi) is 7.63. The molecule has 0 fully saturated rings. The minimum Gasteiger partial charge on any atom is -0.367 e. The Morgan fingerprint density at radius 1 is 0.765 bits per heavy atom. The summed E-state index contributed by atoms with van der Waals surface area (Å²) >= 11 is 0. The van der Waals surface area contributed by atoms with Gasteiger partial charge in [0.25, 0.3) is 21.0 Å². The average molecular weight is 280 g/mol. The molecule has 0 heterocycles. The normalized spacial score (nSPS) is 13.4.